The van der Waals surface area contributed by atoms with E-state index >= 15 is 0 Å². The van der Waals surface area contributed by atoms with Crippen molar-refractivity contribution in [2.75, 3.05) is 51.7 Å². The monoisotopic (exact) mass is 557 g/mol. The molecule has 2 aliphatic rings. The number of fused-ring (bicyclic) bond motifs is 1. The molecule has 0 aliphatic carbocycles. The maximum Gasteiger partial charge on any atom is 0.254 e. The molecule has 2 N–H and O–H groups in total. The molecule has 0 unspecified atom stereocenters. The Hall–Kier alpha value is -4.51. The second-order valence-electron chi connectivity index (χ2n) is 10.4. The Kier molecular flexibility index (Phi) is 7.27. The third-order valence-electron chi connectivity index (χ3n) is 7.88. The molecule has 10 nitrogen and oxygen atoms in total. The molecule has 1 atom stereocenters. The van der Waals surface area contributed by atoms with E-state index in [9.17, 15) is 14.0 Å². The van der Waals surface area contributed by atoms with Crippen LogP contribution >= 0.6 is 0 Å². The molecule has 2 aromatic carbocycles. The maximum absolute atomic E-state index is 14.3. The number of methoxy groups -OCH3 is 1. The zero-order valence-corrected chi connectivity index (χ0v) is 23.1. The van der Waals surface area contributed by atoms with Gasteiger partial charge in [0.1, 0.15) is 0 Å². The summed E-state index contributed by atoms with van der Waals surface area (Å²) in [6.45, 7) is 5.71. The minimum absolute atomic E-state index is 0.0338. The number of nitrogens with zero attached hydrogens (tertiary/aromatic N) is 5. The van der Waals surface area contributed by atoms with Gasteiger partial charge < -0.3 is 25.2 Å². The van der Waals surface area contributed by atoms with E-state index < -0.39 is 5.82 Å². The molecule has 2 amide bonds. The van der Waals surface area contributed by atoms with Gasteiger partial charge in [-0.2, -0.15) is 0 Å². The lowest BCUT2D eigenvalue weighted by Crippen LogP contribution is -2.52. The van der Waals surface area contributed by atoms with Crippen LogP contribution in [0.3, 0.4) is 0 Å². The van der Waals surface area contributed by atoms with Crippen molar-refractivity contribution in [1.29, 1.82) is 0 Å². The molecule has 2 aromatic heterocycles. The van der Waals surface area contributed by atoms with Crippen molar-refractivity contribution in [3.63, 3.8) is 0 Å². The molecule has 0 radical (unpaired) electrons. The molecule has 2 saturated heterocycles. The number of ether oxygens (including phenoxy) is 1. The summed E-state index contributed by atoms with van der Waals surface area (Å²) >= 11 is 0. The van der Waals surface area contributed by atoms with Crippen molar-refractivity contribution in [2.24, 2.45) is 5.92 Å². The van der Waals surface area contributed by atoms with Crippen LogP contribution in [0.4, 0.5) is 15.9 Å². The molecule has 0 spiro atoms. The summed E-state index contributed by atoms with van der Waals surface area (Å²) in [5.41, 5.74) is 4.18. The first-order valence-corrected chi connectivity index (χ1v) is 13.8. The van der Waals surface area contributed by atoms with Crippen molar-refractivity contribution in [2.45, 2.75) is 13.3 Å². The molecule has 212 valence electrons. The van der Waals surface area contributed by atoms with Crippen LogP contribution in [0.25, 0.3) is 16.9 Å². The number of amides is 2. The largest absolute Gasteiger partial charge is 0.494 e. The molecule has 2 fully saturated rings. The Morgan fingerprint density at radius 3 is 2.59 bits per heavy atom. The molecular weight excluding hydrogens is 525 g/mol. The van der Waals surface area contributed by atoms with Crippen LogP contribution < -0.4 is 15.4 Å². The number of carbonyl (C=O) groups excluding carboxylic acids is 2. The average Bonchev–Trinajstić information content (AvgIpc) is 3.68. The van der Waals surface area contributed by atoms with E-state index in [4.69, 9.17) is 4.74 Å². The summed E-state index contributed by atoms with van der Waals surface area (Å²) in [4.78, 5) is 38.8. The van der Waals surface area contributed by atoms with E-state index in [0.717, 1.165) is 30.8 Å². The number of imidazole rings is 1. The second-order valence-corrected chi connectivity index (χ2v) is 10.4. The van der Waals surface area contributed by atoms with E-state index in [1.54, 1.807) is 30.7 Å². The van der Waals surface area contributed by atoms with Gasteiger partial charge in [-0.3, -0.25) is 14.0 Å². The van der Waals surface area contributed by atoms with Crippen LogP contribution in [0.5, 0.6) is 5.75 Å². The van der Waals surface area contributed by atoms with Gasteiger partial charge in [-0.25, -0.2) is 14.4 Å². The van der Waals surface area contributed by atoms with E-state index in [-0.39, 0.29) is 23.5 Å². The lowest BCUT2D eigenvalue weighted by Gasteiger charge is -2.36. The summed E-state index contributed by atoms with van der Waals surface area (Å²) in [5, 5.41) is 6.56. The number of aromatic nitrogens is 3. The second kappa shape index (κ2) is 11.2. The highest BCUT2D eigenvalue weighted by Gasteiger charge is 2.31. The van der Waals surface area contributed by atoms with Crippen molar-refractivity contribution in [3.05, 3.63) is 71.9 Å². The fourth-order valence-corrected chi connectivity index (χ4v) is 5.59. The van der Waals surface area contributed by atoms with E-state index in [1.165, 1.54) is 13.2 Å². The summed E-state index contributed by atoms with van der Waals surface area (Å²) in [7, 11) is 1.43. The van der Waals surface area contributed by atoms with E-state index in [1.807, 2.05) is 39.3 Å². The Balaban J connectivity index is 1.15. The van der Waals surface area contributed by atoms with Gasteiger partial charge in [0.2, 0.25) is 5.91 Å². The number of hydrogen-bond acceptors (Lipinski definition) is 7. The highest BCUT2D eigenvalue weighted by atomic mass is 19.1. The topological polar surface area (TPSA) is 104 Å². The van der Waals surface area contributed by atoms with Gasteiger partial charge in [0.05, 0.1) is 24.9 Å². The summed E-state index contributed by atoms with van der Waals surface area (Å²) in [5.74, 6) is 0.475. The van der Waals surface area contributed by atoms with E-state index in [0.29, 0.717) is 54.5 Å². The van der Waals surface area contributed by atoms with E-state index in [2.05, 4.69) is 20.6 Å². The number of anilines is 2. The standard InChI is InChI=1S/C30H32FN7O3/c1-19-15-22(4-5-23(19)30(40)37-13-11-36(12-14-37)29(39)21-7-8-32-17-21)35-27-28-34-18-25(38(28)10-9-33-27)20-3-6-26(41-2)24(31)16-20/h3-6,9-10,15-16,18,21,32H,7-8,11-14,17H2,1-2H3,(H,33,35)/t21-/m1/s1. The smallest absolute Gasteiger partial charge is 0.254 e. The number of piperazine rings is 1. The lowest BCUT2D eigenvalue weighted by atomic mass is 10.0. The zero-order valence-electron chi connectivity index (χ0n) is 23.1. The first-order chi connectivity index (χ1) is 19.9. The van der Waals surface area contributed by atoms with Crippen molar-refractivity contribution in [1.82, 2.24) is 29.5 Å². The quantitative estimate of drug-likeness (QED) is 0.374. The Bertz CT molecular complexity index is 1610. The Morgan fingerprint density at radius 1 is 1.07 bits per heavy atom. The third-order valence-corrected chi connectivity index (χ3v) is 7.88. The molecule has 11 heteroatoms. The van der Waals surface area contributed by atoms with Gasteiger partial charge >= 0.3 is 0 Å². The SMILES string of the molecule is COc1ccc(-c2cnc3c(Nc4ccc(C(=O)N5CCN(C(=O)[C@@H]6CCNC6)CC5)c(C)c4)nccn23)cc1F. The van der Waals surface area contributed by atoms with Crippen molar-refractivity contribution >= 4 is 29.0 Å². The molecule has 41 heavy (non-hydrogen) atoms. The number of benzene rings is 2. The number of aryl methyl sites for hydroxylation is 1. The van der Waals surface area contributed by atoms with Crippen LogP contribution in [0, 0.1) is 18.7 Å². The molecule has 2 aliphatic heterocycles. The molecule has 4 aromatic rings. The number of carbonyl (C=O) groups is 2. The number of halogens is 1. The van der Waals surface area contributed by atoms with Gasteiger partial charge in [0.15, 0.2) is 23.0 Å². The molecule has 0 saturated carbocycles. The first kappa shape index (κ1) is 26.7. The minimum Gasteiger partial charge on any atom is -0.494 e. The summed E-state index contributed by atoms with van der Waals surface area (Å²) < 4.78 is 21.2. The molecule has 6 rings (SSSR count). The normalized spacial score (nSPS) is 17.2. The molecular formula is C30H32FN7O3. The fraction of sp³-hybridized carbons (Fsp3) is 0.333. The highest BCUT2D eigenvalue weighted by Crippen LogP contribution is 2.29. The predicted molar refractivity (Wildman–Crippen MR) is 153 cm³/mol. The van der Waals surface area contributed by atoms with Crippen LogP contribution in [-0.4, -0.2) is 82.4 Å². The summed E-state index contributed by atoms with van der Waals surface area (Å²) in [6, 6.07) is 10.4. The van der Waals surface area contributed by atoms with Crippen LogP contribution in [0.15, 0.2) is 55.0 Å². The maximum atomic E-state index is 14.3. The van der Waals surface area contributed by atoms with Crippen molar-refractivity contribution in [3.8, 4) is 17.0 Å². The van der Waals surface area contributed by atoms with Crippen LogP contribution in [-0.2, 0) is 4.79 Å². The van der Waals surface area contributed by atoms with Gasteiger partial charge in [-0.1, -0.05) is 0 Å². The van der Waals surface area contributed by atoms with Crippen molar-refractivity contribution < 1.29 is 18.7 Å². The van der Waals surface area contributed by atoms with Gasteiger partial charge in [0.25, 0.3) is 5.91 Å². The number of rotatable bonds is 6. The molecule has 0 bridgehead atoms. The van der Waals surface area contributed by atoms with Gasteiger partial charge in [-0.15, -0.1) is 0 Å². The van der Waals surface area contributed by atoms with Gasteiger partial charge in [-0.05, 0) is 61.9 Å². The Morgan fingerprint density at radius 2 is 1.88 bits per heavy atom. The predicted octanol–water partition coefficient (Wildman–Crippen LogP) is 3.49. The highest BCUT2D eigenvalue weighted by molar-refractivity contribution is 5.96. The Labute approximate surface area is 237 Å². The fourth-order valence-electron chi connectivity index (χ4n) is 5.59. The lowest BCUT2D eigenvalue weighted by molar-refractivity contribution is -0.136. The minimum atomic E-state index is -0.450. The first-order valence-electron chi connectivity index (χ1n) is 13.8. The zero-order chi connectivity index (χ0) is 28.5. The third kappa shape index (κ3) is 5.20. The number of nitrogens with one attached hydrogen (secondary N) is 2. The number of hydrogen-bond donors (Lipinski definition) is 2. The summed E-state index contributed by atoms with van der Waals surface area (Å²) in [6.07, 6.45) is 5.98. The van der Waals surface area contributed by atoms with Crippen LogP contribution in [0.1, 0.15) is 22.3 Å². The average molecular weight is 558 g/mol. The van der Waals surface area contributed by atoms with Crippen LogP contribution in [0.2, 0.25) is 0 Å². The molecule has 4 heterocycles. The van der Waals surface area contributed by atoms with Gasteiger partial charge in [0, 0.05) is 61.9 Å².